The third kappa shape index (κ3) is 4.97. The van der Waals surface area contributed by atoms with Crippen LogP contribution in [-0.4, -0.2) is 47.7 Å². The van der Waals surface area contributed by atoms with E-state index in [0.717, 1.165) is 19.4 Å². The summed E-state index contributed by atoms with van der Waals surface area (Å²) in [6, 6.07) is 0.266. The molecule has 4 atom stereocenters. The van der Waals surface area contributed by atoms with Gasteiger partial charge in [-0.3, -0.25) is 4.79 Å². The second-order valence-electron chi connectivity index (χ2n) is 8.73. The second kappa shape index (κ2) is 9.49. The summed E-state index contributed by atoms with van der Waals surface area (Å²) in [4.78, 5) is 15.4. The first kappa shape index (κ1) is 20.1. The molecule has 2 saturated heterocycles. The Bertz CT molecular complexity index is 451. The number of piperidine rings is 1. The molecule has 150 valence electrons. The summed E-state index contributed by atoms with van der Waals surface area (Å²) < 4.78 is 5.98. The van der Waals surface area contributed by atoms with Crippen LogP contribution in [0.1, 0.15) is 78.6 Å². The first-order valence-corrected chi connectivity index (χ1v) is 10.8. The molecule has 3 rings (SSSR count). The van der Waals surface area contributed by atoms with Crippen molar-refractivity contribution >= 4 is 5.91 Å². The summed E-state index contributed by atoms with van der Waals surface area (Å²) in [6.07, 6.45) is 11.5. The minimum atomic E-state index is -0.163. The van der Waals surface area contributed by atoms with E-state index in [4.69, 9.17) is 4.74 Å². The molecule has 0 bridgehead atoms. The number of hydrazine groups is 2. The molecule has 3 N–H and O–H groups in total. The van der Waals surface area contributed by atoms with Crippen molar-refractivity contribution in [3.05, 3.63) is 0 Å². The average Bonchev–Trinajstić information content (AvgIpc) is 3.03. The Hall–Kier alpha value is -0.690. The topological polar surface area (TPSA) is 65.6 Å². The Morgan fingerprint density at radius 1 is 1.04 bits per heavy atom. The van der Waals surface area contributed by atoms with Gasteiger partial charge in [-0.2, -0.15) is 5.53 Å². The van der Waals surface area contributed by atoms with Crippen molar-refractivity contribution in [1.29, 1.82) is 0 Å². The largest absolute Gasteiger partial charge is 0.375 e. The number of ether oxygens (including phenoxy) is 1. The number of hydrogen-bond acceptors (Lipinski definition) is 5. The van der Waals surface area contributed by atoms with Gasteiger partial charge in [0.1, 0.15) is 6.04 Å². The van der Waals surface area contributed by atoms with Crippen molar-refractivity contribution in [1.82, 2.24) is 21.3 Å². The maximum Gasteiger partial charge on any atom is 0.243 e. The van der Waals surface area contributed by atoms with Gasteiger partial charge in [0.15, 0.2) is 0 Å². The summed E-state index contributed by atoms with van der Waals surface area (Å²) in [5, 5.41) is 0. The maximum atomic E-state index is 13.3. The van der Waals surface area contributed by atoms with E-state index in [1.54, 1.807) is 0 Å². The number of carbonyl (C=O) groups excluding carboxylic acids is 1. The van der Waals surface area contributed by atoms with Crippen LogP contribution in [0.2, 0.25) is 0 Å². The van der Waals surface area contributed by atoms with Crippen LogP contribution < -0.4 is 16.4 Å². The molecule has 0 aromatic carbocycles. The predicted octanol–water partition coefficient (Wildman–Crippen LogP) is 2.50. The molecule has 26 heavy (non-hydrogen) atoms. The van der Waals surface area contributed by atoms with Crippen LogP contribution in [-0.2, 0) is 9.53 Å². The lowest BCUT2D eigenvalue weighted by atomic mass is 9.83. The Labute approximate surface area is 158 Å². The molecule has 1 amide bonds. The van der Waals surface area contributed by atoms with E-state index in [1.807, 2.05) is 0 Å². The SMILES string of the molecule is CC(C)O[C@H]1CCN(C(=O)C2NNNC2C2CCCCCCC2)[C@@H](C)C1. The smallest absolute Gasteiger partial charge is 0.243 e. The highest BCUT2D eigenvalue weighted by Crippen LogP contribution is 2.29. The summed E-state index contributed by atoms with van der Waals surface area (Å²) in [6.45, 7) is 7.13. The van der Waals surface area contributed by atoms with E-state index in [-0.39, 0.29) is 36.2 Å². The molecule has 0 radical (unpaired) electrons. The van der Waals surface area contributed by atoms with Gasteiger partial charge in [0.25, 0.3) is 0 Å². The second-order valence-corrected chi connectivity index (χ2v) is 8.73. The molecule has 3 aliphatic rings. The van der Waals surface area contributed by atoms with Crippen LogP contribution in [0, 0.1) is 5.92 Å². The number of amides is 1. The fraction of sp³-hybridized carbons (Fsp3) is 0.950. The van der Waals surface area contributed by atoms with Gasteiger partial charge in [-0.15, -0.1) is 0 Å². The molecule has 2 unspecified atom stereocenters. The van der Waals surface area contributed by atoms with Crippen molar-refractivity contribution in [2.75, 3.05) is 6.54 Å². The van der Waals surface area contributed by atoms with Crippen LogP contribution in [0.25, 0.3) is 0 Å². The zero-order chi connectivity index (χ0) is 18.5. The van der Waals surface area contributed by atoms with Crippen molar-refractivity contribution in [3.8, 4) is 0 Å². The van der Waals surface area contributed by atoms with Gasteiger partial charge in [-0.05, 0) is 52.4 Å². The molecular formula is C20H38N4O2. The predicted molar refractivity (Wildman–Crippen MR) is 103 cm³/mol. The fourth-order valence-corrected chi connectivity index (χ4v) is 4.97. The van der Waals surface area contributed by atoms with E-state index in [9.17, 15) is 4.79 Å². The van der Waals surface area contributed by atoms with Gasteiger partial charge in [-0.1, -0.05) is 32.1 Å². The van der Waals surface area contributed by atoms with Gasteiger partial charge in [0.2, 0.25) is 5.91 Å². The van der Waals surface area contributed by atoms with E-state index < -0.39 is 0 Å². The highest BCUT2D eigenvalue weighted by molar-refractivity contribution is 5.83. The van der Waals surface area contributed by atoms with Gasteiger partial charge >= 0.3 is 0 Å². The first-order valence-electron chi connectivity index (χ1n) is 10.8. The average molecular weight is 367 g/mol. The maximum absolute atomic E-state index is 13.3. The summed E-state index contributed by atoms with van der Waals surface area (Å²) >= 11 is 0. The molecule has 0 spiro atoms. The molecule has 1 saturated carbocycles. The minimum Gasteiger partial charge on any atom is -0.375 e. The number of nitrogens with one attached hydrogen (secondary N) is 3. The summed E-state index contributed by atoms with van der Waals surface area (Å²) in [5.41, 5.74) is 9.63. The quantitative estimate of drug-likeness (QED) is 0.713. The Morgan fingerprint density at radius 2 is 1.73 bits per heavy atom. The Balaban J connectivity index is 1.59. The lowest BCUT2D eigenvalue weighted by Gasteiger charge is -2.40. The number of nitrogens with zero attached hydrogens (tertiary/aromatic N) is 1. The number of likely N-dealkylation sites (tertiary alicyclic amines) is 1. The fourth-order valence-electron chi connectivity index (χ4n) is 4.97. The third-order valence-corrected chi connectivity index (χ3v) is 6.33. The van der Waals surface area contributed by atoms with Gasteiger partial charge in [0, 0.05) is 12.6 Å². The molecule has 3 fully saturated rings. The van der Waals surface area contributed by atoms with E-state index in [2.05, 4.69) is 42.1 Å². The van der Waals surface area contributed by atoms with Crippen molar-refractivity contribution in [2.45, 2.75) is 109 Å². The van der Waals surface area contributed by atoms with Crippen LogP contribution in [0.5, 0.6) is 0 Å². The molecule has 2 aliphatic heterocycles. The number of hydrogen-bond donors (Lipinski definition) is 3. The Kier molecular flexibility index (Phi) is 7.32. The molecule has 0 aromatic heterocycles. The highest BCUT2D eigenvalue weighted by Gasteiger charge is 2.42. The molecule has 6 nitrogen and oxygen atoms in total. The van der Waals surface area contributed by atoms with E-state index >= 15 is 0 Å². The lowest BCUT2D eigenvalue weighted by Crippen LogP contribution is -2.56. The summed E-state index contributed by atoms with van der Waals surface area (Å²) in [5.74, 6) is 0.814. The standard InChI is InChI=1S/C20H38N4O2/c1-14(2)26-17-11-12-24(15(3)13-17)20(25)19-18(21-23-22-19)16-9-7-5-4-6-8-10-16/h14-19,21-23H,4-13H2,1-3H3/t15-,17-,18?,19?/m0/s1. The highest BCUT2D eigenvalue weighted by atomic mass is 16.5. The van der Waals surface area contributed by atoms with Crippen molar-refractivity contribution in [3.63, 3.8) is 0 Å². The first-order chi connectivity index (χ1) is 12.6. The number of carbonyl (C=O) groups is 1. The Morgan fingerprint density at radius 3 is 2.38 bits per heavy atom. The van der Waals surface area contributed by atoms with Crippen LogP contribution in [0.3, 0.4) is 0 Å². The van der Waals surface area contributed by atoms with Gasteiger partial charge in [-0.25, -0.2) is 10.9 Å². The van der Waals surface area contributed by atoms with Crippen LogP contribution >= 0.6 is 0 Å². The van der Waals surface area contributed by atoms with E-state index in [0.29, 0.717) is 5.92 Å². The molecule has 2 heterocycles. The minimum absolute atomic E-state index is 0.163. The summed E-state index contributed by atoms with van der Waals surface area (Å²) in [7, 11) is 0. The molecule has 1 aliphatic carbocycles. The molecule has 6 heteroatoms. The van der Waals surface area contributed by atoms with Gasteiger partial charge in [0.05, 0.1) is 18.2 Å². The van der Waals surface area contributed by atoms with Crippen molar-refractivity contribution in [2.24, 2.45) is 5.92 Å². The third-order valence-electron chi connectivity index (χ3n) is 6.33. The zero-order valence-electron chi connectivity index (χ0n) is 16.8. The molecule has 0 aromatic rings. The molecular weight excluding hydrogens is 328 g/mol. The van der Waals surface area contributed by atoms with Crippen LogP contribution in [0.4, 0.5) is 0 Å². The zero-order valence-corrected chi connectivity index (χ0v) is 16.8. The normalized spacial score (nSPS) is 34.7. The number of rotatable bonds is 4. The lowest BCUT2D eigenvalue weighted by molar-refractivity contribution is -0.140. The van der Waals surface area contributed by atoms with Crippen molar-refractivity contribution < 1.29 is 9.53 Å². The van der Waals surface area contributed by atoms with E-state index in [1.165, 1.54) is 44.9 Å². The van der Waals surface area contributed by atoms with Gasteiger partial charge < -0.3 is 9.64 Å². The monoisotopic (exact) mass is 366 g/mol. The van der Waals surface area contributed by atoms with Crippen LogP contribution in [0.15, 0.2) is 0 Å².